The van der Waals surface area contributed by atoms with Gasteiger partial charge < -0.3 is 9.47 Å². The largest absolute Gasteiger partial charge is 0.427 e. The number of halogens is 1. The topological polar surface area (TPSA) is 52.6 Å². The maximum absolute atomic E-state index is 11.9. The van der Waals surface area contributed by atoms with Crippen LogP contribution >= 0.6 is 11.6 Å². The summed E-state index contributed by atoms with van der Waals surface area (Å²) in [4.78, 5) is 23.7. The Hall–Kier alpha value is -2.33. The normalized spacial score (nSPS) is 10.3. The zero-order valence-corrected chi connectivity index (χ0v) is 14.4. The van der Waals surface area contributed by atoms with Gasteiger partial charge in [0.05, 0.1) is 12.8 Å². The van der Waals surface area contributed by atoms with Gasteiger partial charge in [-0.1, -0.05) is 36.7 Å². The van der Waals surface area contributed by atoms with Crippen LogP contribution in [0, 0.1) is 6.92 Å². The first-order valence-electron chi connectivity index (χ1n) is 7.75. The van der Waals surface area contributed by atoms with Crippen molar-refractivity contribution in [3.8, 4) is 11.5 Å². The molecule has 0 aliphatic carbocycles. The van der Waals surface area contributed by atoms with Gasteiger partial charge in [-0.05, 0) is 48.7 Å². The number of rotatable bonds is 6. The zero-order chi connectivity index (χ0) is 17.5. The van der Waals surface area contributed by atoms with Crippen LogP contribution in [0.3, 0.4) is 0 Å². The lowest BCUT2D eigenvalue weighted by molar-refractivity contribution is -0.140. The predicted molar refractivity (Wildman–Crippen MR) is 92.5 cm³/mol. The van der Waals surface area contributed by atoms with Gasteiger partial charge in [0.1, 0.15) is 11.5 Å². The SMILES string of the molecule is CCc1ccccc1OC(=O)CCC(=O)Oc1ccc(Cl)c(C)c1. The number of hydrogen-bond donors (Lipinski definition) is 0. The van der Waals surface area contributed by atoms with E-state index in [0.29, 0.717) is 16.5 Å². The summed E-state index contributed by atoms with van der Waals surface area (Å²) in [5, 5.41) is 0.605. The van der Waals surface area contributed by atoms with Gasteiger partial charge >= 0.3 is 11.9 Å². The van der Waals surface area contributed by atoms with Gasteiger partial charge in [0.2, 0.25) is 0 Å². The highest BCUT2D eigenvalue weighted by Crippen LogP contribution is 2.22. The summed E-state index contributed by atoms with van der Waals surface area (Å²) in [5.41, 5.74) is 1.77. The first kappa shape index (κ1) is 18.0. The van der Waals surface area contributed by atoms with E-state index in [9.17, 15) is 9.59 Å². The van der Waals surface area contributed by atoms with Crippen LogP contribution in [0.4, 0.5) is 0 Å². The van der Waals surface area contributed by atoms with Crippen LogP contribution in [0.1, 0.15) is 30.9 Å². The number of ether oxygens (including phenoxy) is 2. The van der Waals surface area contributed by atoms with Crippen LogP contribution in [0.25, 0.3) is 0 Å². The van der Waals surface area contributed by atoms with Crippen molar-refractivity contribution in [2.75, 3.05) is 0 Å². The molecule has 2 aromatic rings. The van der Waals surface area contributed by atoms with Crippen LogP contribution in [0.5, 0.6) is 11.5 Å². The van der Waals surface area contributed by atoms with E-state index in [0.717, 1.165) is 17.5 Å². The summed E-state index contributed by atoms with van der Waals surface area (Å²) in [5.74, 6) is -0.00382. The molecule has 0 saturated carbocycles. The van der Waals surface area contributed by atoms with E-state index < -0.39 is 11.9 Å². The van der Waals surface area contributed by atoms with E-state index in [1.807, 2.05) is 26.0 Å². The molecule has 0 aliphatic heterocycles. The highest BCUT2D eigenvalue weighted by molar-refractivity contribution is 6.31. The molecule has 0 N–H and O–H groups in total. The van der Waals surface area contributed by atoms with Gasteiger partial charge in [0.25, 0.3) is 0 Å². The molecule has 24 heavy (non-hydrogen) atoms. The van der Waals surface area contributed by atoms with Gasteiger partial charge in [-0.2, -0.15) is 0 Å². The molecular weight excluding hydrogens is 328 g/mol. The molecule has 5 heteroatoms. The number of benzene rings is 2. The molecule has 0 fully saturated rings. The van der Waals surface area contributed by atoms with Crippen LogP contribution in [0.2, 0.25) is 5.02 Å². The number of carbonyl (C=O) groups excluding carboxylic acids is 2. The molecule has 0 bridgehead atoms. The van der Waals surface area contributed by atoms with Crippen LogP contribution < -0.4 is 9.47 Å². The second-order valence-corrected chi connectivity index (χ2v) is 5.73. The van der Waals surface area contributed by atoms with Crippen molar-refractivity contribution < 1.29 is 19.1 Å². The molecule has 0 heterocycles. The number of aryl methyl sites for hydroxylation is 2. The van der Waals surface area contributed by atoms with Crippen molar-refractivity contribution in [2.24, 2.45) is 0 Å². The second kappa shape index (κ2) is 8.50. The van der Waals surface area contributed by atoms with Gasteiger partial charge in [-0.15, -0.1) is 0 Å². The van der Waals surface area contributed by atoms with Crippen LogP contribution in [-0.4, -0.2) is 11.9 Å². The Balaban J connectivity index is 1.84. The molecule has 2 aromatic carbocycles. The Labute approximate surface area is 146 Å². The molecule has 0 aliphatic rings. The molecule has 0 atom stereocenters. The Morgan fingerprint density at radius 2 is 1.67 bits per heavy atom. The number of hydrogen-bond acceptors (Lipinski definition) is 4. The van der Waals surface area contributed by atoms with Gasteiger partial charge in [0, 0.05) is 5.02 Å². The van der Waals surface area contributed by atoms with Crippen molar-refractivity contribution >= 4 is 23.5 Å². The number of para-hydroxylation sites is 1. The van der Waals surface area contributed by atoms with Crippen molar-refractivity contribution in [3.05, 3.63) is 58.6 Å². The van der Waals surface area contributed by atoms with E-state index in [-0.39, 0.29) is 12.8 Å². The van der Waals surface area contributed by atoms with E-state index in [2.05, 4.69) is 0 Å². The monoisotopic (exact) mass is 346 g/mol. The minimum absolute atomic E-state index is 0.0382. The third kappa shape index (κ3) is 5.10. The lowest BCUT2D eigenvalue weighted by Crippen LogP contribution is -2.14. The van der Waals surface area contributed by atoms with Gasteiger partial charge in [-0.25, -0.2) is 0 Å². The predicted octanol–water partition coefficient (Wildman–Crippen LogP) is 4.50. The maximum atomic E-state index is 11.9. The minimum atomic E-state index is -0.488. The standard InChI is InChI=1S/C19H19ClO4/c1-3-14-6-4-5-7-17(14)24-19(22)11-10-18(21)23-15-8-9-16(20)13(2)12-15/h4-9,12H,3,10-11H2,1-2H3. The first-order valence-corrected chi connectivity index (χ1v) is 8.12. The average molecular weight is 347 g/mol. The molecule has 4 nitrogen and oxygen atoms in total. The Kier molecular flexibility index (Phi) is 6.38. The highest BCUT2D eigenvalue weighted by Gasteiger charge is 2.12. The summed E-state index contributed by atoms with van der Waals surface area (Å²) >= 11 is 5.92. The minimum Gasteiger partial charge on any atom is -0.427 e. The molecular formula is C19H19ClO4. The molecule has 2 rings (SSSR count). The van der Waals surface area contributed by atoms with Gasteiger partial charge in [0.15, 0.2) is 0 Å². The Morgan fingerprint density at radius 3 is 2.33 bits per heavy atom. The molecule has 0 amide bonds. The smallest absolute Gasteiger partial charge is 0.311 e. The fraction of sp³-hybridized carbons (Fsp3) is 0.263. The first-order chi connectivity index (χ1) is 11.5. The molecule has 0 saturated heterocycles. The fourth-order valence-corrected chi connectivity index (χ4v) is 2.25. The van der Waals surface area contributed by atoms with E-state index in [1.54, 1.807) is 30.3 Å². The lowest BCUT2D eigenvalue weighted by atomic mass is 10.1. The third-order valence-corrected chi connectivity index (χ3v) is 3.90. The average Bonchev–Trinajstić information content (AvgIpc) is 2.57. The number of carbonyl (C=O) groups is 2. The number of esters is 2. The van der Waals surface area contributed by atoms with E-state index in [4.69, 9.17) is 21.1 Å². The molecule has 0 spiro atoms. The Morgan fingerprint density at radius 1 is 1.00 bits per heavy atom. The highest BCUT2D eigenvalue weighted by atomic mass is 35.5. The van der Waals surface area contributed by atoms with Crippen molar-refractivity contribution in [1.82, 2.24) is 0 Å². The summed E-state index contributed by atoms with van der Waals surface area (Å²) in [7, 11) is 0. The summed E-state index contributed by atoms with van der Waals surface area (Å²) in [6.45, 7) is 3.81. The summed E-state index contributed by atoms with van der Waals surface area (Å²) in [6.07, 6.45) is 0.680. The van der Waals surface area contributed by atoms with E-state index in [1.165, 1.54) is 0 Å². The lowest BCUT2D eigenvalue weighted by Gasteiger charge is -2.09. The molecule has 0 radical (unpaired) electrons. The zero-order valence-electron chi connectivity index (χ0n) is 13.7. The molecule has 0 unspecified atom stereocenters. The fourth-order valence-electron chi connectivity index (χ4n) is 2.14. The molecule has 0 aromatic heterocycles. The second-order valence-electron chi connectivity index (χ2n) is 5.32. The van der Waals surface area contributed by atoms with Crippen LogP contribution in [0.15, 0.2) is 42.5 Å². The van der Waals surface area contributed by atoms with Crippen LogP contribution in [-0.2, 0) is 16.0 Å². The Bertz CT molecular complexity index is 740. The quantitative estimate of drug-likeness (QED) is 0.570. The summed E-state index contributed by atoms with van der Waals surface area (Å²) in [6, 6.07) is 12.3. The summed E-state index contributed by atoms with van der Waals surface area (Å²) < 4.78 is 10.5. The van der Waals surface area contributed by atoms with Gasteiger partial charge in [-0.3, -0.25) is 9.59 Å². The van der Waals surface area contributed by atoms with Crippen molar-refractivity contribution in [1.29, 1.82) is 0 Å². The third-order valence-electron chi connectivity index (χ3n) is 3.47. The van der Waals surface area contributed by atoms with Crippen molar-refractivity contribution in [3.63, 3.8) is 0 Å². The molecule has 126 valence electrons. The van der Waals surface area contributed by atoms with E-state index >= 15 is 0 Å². The van der Waals surface area contributed by atoms with Crippen molar-refractivity contribution in [2.45, 2.75) is 33.1 Å². The maximum Gasteiger partial charge on any atom is 0.311 e.